The largest absolute Gasteiger partial charge is 0.145 e. The fraction of sp³-hybridized carbons (Fsp3) is 1.00. The molecule has 0 saturated carbocycles. The Morgan fingerprint density at radius 2 is 1.50 bits per heavy atom. The summed E-state index contributed by atoms with van der Waals surface area (Å²) in [6.07, 6.45) is 0. The number of quaternary nitrogens is 1. The van der Waals surface area contributed by atoms with Gasteiger partial charge in [-0.3, -0.25) is 0 Å². The molecule has 0 fully saturated rings. The quantitative estimate of drug-likeness (QED) is 0.345. The highest BCUT2D eigenvalue weighted by Crippen LogP contribution is 1.09. The van der Waals surface area contributed by atoms with Crippen LogP contribution in [0.15, 0.2) is 0 Å². The van der Waals surface area contributed by atoms with Crippen LogP contribution in [0.5, 0.6) is 0 Å². The third kappa shape index (κ3) is 124. The first-order valence-electron chi connectivity index (χ1n) is 1.19. The standard InChI is InChI=1S/C2H6FN/c1-4(2)3/h1-2H3/p+1. The molecule has 26 valence electrons. The molecule has 0 atom stereocenters. The Balaban J connectivity index is 2.32. The molecule has 0 radical (unpaired) electrons. The third-order valence-corrected chi connectivity index (χ3v) is 0. The van der Waals surface area contributed by atoms with E-state index in [2.05, 4.69) is 0 Å². The maximum absolute atomic E-state index is 10.9. The molecule has 0 aromatic rings. The zero-order valence-corrected chi connectivity index (χ0v) is 2.88. The maximum Gasteiger partial charge on any atom is 0.102 e. The van der Waals surface area contributed by atoms with Gasteiger partial charge >= 0.3 is 0 Å². The SMILES string of the molecule is C[NH+](C)F. The average molecular weight is 64.1 g/mol. The van der Waals surface area contributed by atoms with E-state index in [4.69, 9.17) is 0 Å². The van der Waals surface area contributed by atoms with Crippen LogP contribution in [0.4, 0.5) is 4.48 Å². The predicted octanol–water partition coefficient (Wildman–Crippen LogP) is -0.985. The Bertz CT molecular complexity index is 10.8. The van der Waals surface area contributed by atoms with Crippen molar-refractivity contribution in [3.8, 4) is 0 Å². The van der Waals surface area contributed by atoms with Crippen molar-refractivity contribution < 1.29 is 9.60 Å². The Hall–Kier alpha value is -0.110. The van der Waals surface area contributed by atoms with E-state index in [0.717, 1.165) is 0 Å². The van der Waals surface area contributed by atoms with E-state index in [-0.39, 0.29) is 5.12 Å². The molecule has 0 aliphatic rings. The second-order valence-electron chi connectivity index (χ2n) is 0.878. The average Bonchev–Trinajstić information content (AvgIpc) is 0.811. The van der Waals surface area contributed by atoms with E-state index in [1.165, 1.54) is 14.1 Å². The first-order valence-corrected chi connectivity index (χ1v) is 1.19. The molecule has 0 unspecified atom stereocenters. The van der Waals surface area contributed by atoms with Gasteiger partial charge in [0.2, 0.25) is 0 Å². The van der Waals surface area contributed by atoms with E-state index < -0.39 is 0 Å². The van der Waals surface area contributed by atoms with Crippen LogP contribution in [0.2, 0.25) is 0 Å². The summed E-state index contributed by atoms with van der Waals surface area (Å²) in [5.74, 6) is 0. The summed E-state index contributed by atoms with van der Waals surface area (Å²) in [4.78, 5) is 0. The molecule has 0 amide bonds. The number of hydrogen-bond donors (Lipinski definition) is 1. The van der Waals surface area contributed by atoms with Gasteiger partial charge in [0.1, 0.15) is 14.1 Å². The molecular formula is C2H7FN+. The molecule has 0 aliphatic carbocycles. The second-order valence-corrected chi connectivity index (χ2v) is 0.878. The Kier molecular flexibility index (Phi) is 1.20. The van der Waals surface area contributed by atoms with Gasteiger partial charge in [0, 0.05) is 0 Å². The molecule has 0 spiro atoms. The van der Waals surface area contributed by atoms with Crippen LogP contribution < -0.4 is 5.12 Å². The van der Waals surface area contributed by atoms with Crippen LogP contribution in [-0.2, 0) is 0 Å². The minimum atomic E-state index is -0.0833. The van der Waals surface area contributed by atoms with Gasteiger partial charge in [-0.15, -0.1) is 5.12 Å². The summed E-state index contributed by atoms with van der Waals surface area (Å²) in [7, 11) is 2.83. The summed E-state index contributed by atoms with van der Waals surface area (Å²) < 4.78 is 10.9. The van der Waals surface area contributed by atoms with Crippen LogP contribution in [0.1, 0.15) is 0 Å². The van der Waals surface area contributed by atoms with Gasteiger partial charge in [-0.05, 0) is 4.48 Å². The van der Waals surface area contributed by atoms with E-state index in [0.29, 0.717) is 0 Å². The summed E-state index contributed by atoms with van der Waals surface area (Å²) in [6, 6.07) is 0. The monoisotopic (exact) mass is 64.1 g/mol. The molecule has 1 N–H and O–H groups in total. The molecule has 2 heteroatoms. The Labute approximate surface area is 25.0 Å². The summed E-state index contributed by atoms with van der Waals surface area (Å²) in [6.45, 7) is 0. The van der Waals surface area contributed by atoms with Crippen LogP contribution in [-0.4, -0.2) is 14.1 Å². The molecule has 0 aliphatic heterocycles. The number of hydrogen-bond acceptors (Lipinski definition) is 0. The fourth-order valence-electron chi connectivity index (χ4n) is 0. The number of rotatable bonds is 0. The molecule has 1 nitrogen and oxygen atoms in total. The molecule has 0 saturated heterocycles. The van der Waals surface area contributed by atoms with Crippen molar-refractivity contribution >= 4 is 0 Å². The van der Waals surface area contributed by atoms with Crippen LogP contribution in [0.3, 0.4) is 0 Å². The molecule has 4 heavy (non-hydrogen) atoms. The molecule has 0 aromatic heterocycles. The summed E-state index contributed by atoms with van der Waals surface area (Å²) in [5, 5.41) is -0.0833. The van der Waals surface area contributed by atoms with Gasteiger partial charge in [-0.25, -0.2) is 0 Å². The van der Waals surface area contributed by atoms with Gasteiger partial charge in [0.25, 0.3) is 0 Å². The molecule has 0 aromatic carbocycles. The zero-order valence-electron chi connectivity index (χ0n) is 2.88. The first-order chi connectivity index (χ1) is 1.73. The maximum atomic E-state index is 10.9. The lowest BCUT2D eigenvalue weighted by Crippen LogP contribution is -2.97. The summed E-state index contributed by atoms with van der Waals surface area (Å²) in [5.41, 5.74) is 0. The first kappa shape index (κ1) is 3.89. The molecule has 0 rings (SSSR count). The summed E-state index contributed by atoms with van der Waals surface area (Å²) >= 11 is 0. The molecular weight excluding hydrogens is 57.0 g/mol. The second kappa shape index (κ2) is 1.24. The van der Waals surface area contributed by atoms with Crippen LogP contribution in [0.25, 0.3) is 0 Å². The van der Waals surface area contributed by atoms with E-state index in [1.807, 2.05) is 0 Å². The van der Waals surface area contributed by atoms with Crippen LogP contribution >= 0.6 is 0 Å². The van der Waals surface area contributed by atoms with Crippen molar-refractivity contribution in [3.63, 3.8) is 0 Å². The highest BCUT2D eigenvalue weighted by atomic mass is 19.2. The van der Waals surface area contributed by atoms with Gasteiger partial charge in [0.15, 0.2) is 0 Å². The van der Waals surface area contributed by atoms with Crippen molar-refractivity contribution in [2.45, 2.75) is 0 Å². The number of nitrogens with one attached hydrogen (secondary N) is 1. The lowest BCUT2D eigenvalue weighted by molar-refractivity contribution is -1.00. The van der Waals surface area contributed by atoms with Gasteiger partial charge in [-0.2, -0.15) is 0 Å². The molecule has 0 heterocycles. The molecule has 0 bridgehead atoms. The normalized spacial score (nSPS) is 9.00. The number of halogens is 1. The van der Waals surface area contributed by atoms with E-state index in [1.54, 1.807) is 0 Å². The van der Waals surface area contributed by atoms with E-state index in [9.17, 15) is 4.48 Å². The van der Waals surface area contributed by atoms with Crippen LogP contribution in [0, 0.1) is 0 Å². The van der Waals surface area contributed by atoms with E-state index >= 15 is 0 Å². The lowest BCUT2D eigenvalue weighted by Gasteiger charge is -1.77. The third-order valence-electron chi connectivity index (χ3n) is 0. The topological polar surface area (TPSA) is 4.44 Å². The van der Waals surface area contributed by atoms with Gasteiger partial charge in [0.05, 0.1) is 0 Å². The lowest BCUT2D eigenvalue weighted by atomic mass is 11.3. The minimum Gasteiger partial charge on any atom is -0.145 e. The zero-order chi connectivity index (χ0) is 3.58. The highest BCUT2D eigenvalue weighted by Gasteiger charge is 1.70. The fourth-order valence-corrected chi connectivity index (χ4v) is 0. The smallest absolute Gasteiger partial charge is 0.102 e. The van der Waals surface area contributed by atoms with Crippen molar-refractivity contribution in [1.29, 1.82) is 0 Å². The van der Waals surface area contributed by atoms with Gasteiger partial charge < -0.3 is 0 Å². The van der Waals surface area contributed by atoms with Crippen molar-refractivity contribution in [3.05, 3.63) is 0 Å². The Morgan fingerprint density at radius 1 is 1.50 bits per heavy atom. The van der Waals surface area contributed by atoms with Crippen molar-refractivity contribution in [2.24, 2.45) is 0 Å². The van der Waals surface area contributed by atoms with Crippen molar-refractivity contribution in [2.75, 3.05) is 14.1 Å². The minimum absolute atomic E-state index is 0.0833. The van der Waals surface area contributed by atoms with Crippen molar-refractivity contribution in [1.82, 2.24) is 0 Å². The Morgan fingerprint density at radius 3 is 1.50 bits per heavy atom. The van der Waals surface area contributed by atoms with Gasteiger partial charge in [-0.1, -0.05) is 0 Å². The predicted molar refractivity (Wildman–Crippen MR) is 13.9 cm³/mol. The highest BCUT2D eigenvalue weighted by molar-refractivity contribution is 3.42.